The Morgan fingerprint density at radius 1 is 1.30 bits per heavy atom. The van der Waals surface area contributed by atoms with E-state index in [1.165, 1.54) is 12.1 Å². The van der Waals surface area contributed by atoms with Crippen LogP contribution in [0.3, 0.4) is 0 Å². The first-order valence-electron chi connectivity index (χ1n) is 6.61. The van der Waals surface area contributed by atoms with Crippen LogP contribution < -0.4 is 10.1 Å². The fourth-order valence-electron chi connectivity index (χ4n) is 1.75. The lowest BCUT2D eigenvalue weighted by atomic mass is 10.1. The average Bonchev–Trinajstić information content (AvgIpc) is 2.38. The molecule has 0 atom stereocenters. The number of ether oxygens (including phenoxy) is 1. The highest BCUT2D eigenvalue weighted by molar-refractivity contribution is 5.28. The molecule has 1 aromatic heterocycles. The minimum atomic E-state index is -0.217. The van der Waals surface area contributed by atoms with Crippen LogP contribution in [-0.2, 0) is 6.42 Å². The molecule has 0 aliphatic heterocycles. The Labute approximate surface area is 118 Å². The van der Waals surface area contributed by atoms with Crippen molar-refractivity contribution in [2.75, 3.05) is 11.9 Å². The molecule has 0 aliphatic carbocycles. The smallest absolute Gasteiger partial charge is 0.225 e. The Morgan fingerprint density at radius 2 is 2.15 bits per heavy atom. The molecule has 1 N–H and O–H groups in total. The standard InChI is InChI=1S/C15H18FN3O/c1-11(2)20-14-7-9-18-15(19-14)17-8-6-12-4-3-5-13(16)10-12/h3-5,7,9-11H,6,8H2,1-2H3,(H,17,18,19). The predicted molar refractivity (Wildman–Crippen MR) is 76.4 cm³/mol. The Bertz CT molecular complexity index is 560. The van der Waals surface area contributed by atoms with E-state index in [0.29, 0.717) is 24.8 Å². The van der Waals surface area contributed by atoms with Gasteiger partial charge in [-0.05, 0) is 38.0 Å². The van der Waals surface area contributed by atoms with Gasteiger partial charge in [0.25, 0.3) is 0 Å². The van der Waals surface area contributed by atoms with Crippen molar-refractivity contribution >= 4 is 5.95 Å². The van der Waals surface area contributed by atoms with E-state index >= 15 is 0 Å². The summed E-state index contributed by atoms with van der Waals surface area (Å²) in [4.78, 5) is 8.36. The van der Waals surface area contributed by atoms with Crippen LogP contribution in [0.2, 0.25) is 0 Å². The zero-order valence-corrected chi connectivity index (χ0v) is 11.6. The molecule has 106 valence electrons. The summed E-state index contributed by atoms with van der Waals surface area (Å²) >= 11 is 0. The molecule has 2 rings (SSSR count). The van der Waals surface area contributed by atoms with Gasteiger partial charge in [0.2, 0.25) is 11.8 Å². The first kappa shape index (κ1) is 14.2. The fraction of sp³-hybridized carbons (Fsp3) is 0.333. The summed E-state index contributed by atoms with van der Waals surface area (Å²) in [5, 5.41) is 3.10. The third-order valence-corrected chi connectivity index (χ3v) is 2.57. The minimum absolute atomic E-state index is 0.0741. The van der Waals surface area contributed by atoms with E-state index in [1.54, 1.807) is 18.3 Å². The average molecular weight is 275 g/mol. The molecule has 0 radical (unpaired) electrons. The third-order valence-electron chi connectivity index (χ3n) is 2.57. The number of nitrogens with zero attached hydrogens (tertiary/aromatic N) is 2. The molecule has 0 amide bonds. The van der Waals surface area contributed by atoms with Gasteiger partial charge in [-0.25, -0.2) is 9.37 Å². The molecule has 0 aliphatic rings. The molecule has 0 spiro atoms. The molecule has 1 aromatic carbocycles. The van der Waals surface area contributed by atoms with E-state index in [2.05, 4.69) is 15.3 Å². The van der Waals surface area contributed by atoms with Gasteiger partial charge < -0.3 is 10.1 Å². The van der Waals surface area contributed by atoms with E-state index in [0.717, 1.165) is 5.56 Å². The normalized spacial score (nSPS) is 10.6. The topological polar surface area (TPSA) is 47.0 Å². The zero-order valence-electron chi connectivity index (χ0n) is 11.6. The Morgan fingerprint density at radius 3 is 2.90 bits per heavy atom. The SMILES string of the molecule is CC(C)Oc1ccnc(NCCc2cccc(F)c2)n1. The van der Waals surface area contributed by atoms with E-state index in [-0.39, 0.29) is 11.9 Å². The summed E-state index contributed by atoms with van der Waals surface area (Å²) in [6, 6.07) is 8.29. The van der Waals surface area contributed by atoms with Gasteiger partial charge in [-0.3, -0.25) is 0 Å². The highest BCUT2D eigenvalue weighted by atomic mass is 19.1. The lowest BCUT2D eigenvalue weighted by Crippen LogP contribution is -2.11. The highest BCUT2D eigenvalue weighted by Crippen LogP contribution is 2.10. The predicted octanol–water partition coefficient (Wildman–Crippen LogP) is 3.06. The van der Waals surface area contributed by atoms with E-state index in [4.69, 9.17) is 4.74 Å². The first-order valence-corrected chi connectivity index (χ1v) is 6.61. The van der Waals surface area contributed by atoms with Gasteiger partial charge in [0.15, 0.2) is 0 Å². The number of halogens is 1. The van der Waals surface area contributed by atoms with Crippen LogP contribution in [0.1, 0.15) is 19.4 Å². The molecule has 1 heterocycles. The van der Waals surface area contributed by atoms with E-state index < -0.39 is 0 Å². The van der Waals surface area contributed by atoms with Crippen LogP contribution in [0, 0.1) is 5.82 Å². The van der Waals surface area contributed by atoms with Gasteiger partial charge in [0.05, 0.1) is 6.10 Å². The summed E-state index contributed by atoms with van der Waals surface area (Å²) < 4.78 is 18.5. The van der Waals surface area contributed by atoms with Gasteiger partial charge in [0.1, 0.15) is 5.82 Å². The van der Waals surface area contributed by atoms with Crippen LogP contribution in [0.5, 0.6) is 5.88 Å². The lowest BCUT2D eigenvalue weighted by molar-refractivity contribution is 0.232. The van der Waals surface area contributed by atoms with Gasteiger partial charge in [0, 0.05) is 18.8 Å². The Kier molecular flexibility index (Phi) is 4.87. The van der Waals surface area contributed by atoms with Crippen molar-refractivity contribution in [1.29, 1.82) is 0 Å². The fourth-order valence-corrected chi connectivity index (χ4v) is 1.75. The second kappa shape index (κ2) is 6.84. The van der Waals surface area contributed by atoms with Crippen molar-refractivity contribution in [2.24, 2.45) is 0 Å². The molecule has 20 heavy (non-hydrogen) atoms. The van der Waals surface area contributed by atoms with Crippen LogP contribution in [0.15, 0.2) is 36.5 Å². The first-order chi connectivity index (χ1) is 9.63. The summed E-state index contributed by atoms with van der Waals surface area (Å²) in [7, 11) is 0. The molecular weight excluding hydrogens is 257 g/mol. The second-order valence-corrected chi connectivity index (χ2v) is 4.69. The number of hydrogen-bond donors (Lipinski definition) is 1. The molecule has 0 unspecified atom stereocenters. The maximum atomic E-state index is 13.0. The van der Waals surface area contributed by atoms with Crippen LogP contribution in [0.4, 0.5) is 10.3 Å². The van der Waals surface area contributed by atoms with Crippen molar-refractivity contribution in [3.05, 3.63) is 47.9 Å². The number of anilines is 1. The quantitative estimate of drug-likeness (QED) is 0.880. The van der Waals surface area contributed by atoms with Gasteiger partial charge in [-0.2, -0.15) is 4.98 Å². The largest absolute Gasteiger partial charge is 0.475 e. The zero-order chi connectivity index (χ0) is 14.4. The van der Waals surface area contributed by atoms with E-state index in [1.807, 2.05) is 19.9 Å². The summed E-state index contributed by atoms with van der Waals surface area (Å²) in [6.45, 7) is 4.52. The van der Waals surface area contributed by atoms with Crippen molar-refractivity contribution in [3.63, 3.8) is 0 Å². The number of nitrogens with one attached hydrogen (secondary N) is 1. The van der Waals surface area contributed by atoms with Crippen molar-refractivity contribution in [2.45, 2.75) is 26.4 Å². The van der Waals surface area contributed by atoms with Gasteiger partial charge in [-0.15, -0.1) is 0 Å². The van der Waals surface area contributed by atoms with E-state index in [9.17, 15) is 4.39 Å². The number of rotatable bonds is 6. The molecule has 0 fully saturated rings. The number of aromatic nitrogens is 2. The molecule has 2 aromatic rings. The van der Waals surface area contributed by atoms with Crippen LogP contribution in [-0.4, -0.2) is 22.6 Å². The monoisotopic (exact) mass is 275 g/mol. The third kappa shape index (κ3) is 4.50. The second-order valence-electron chi connectivity index (χ2n) is 4.69. The number of hydrogen-bond acceptors (Lipinski definition) is 4. The maximum Gasteiger partial charge on any atom is 0.225 e. The van der Waals surface area contributed by atoms with Gasteiger partial charge >= 0.3 is 0 Å². The Balaban J connectivity index is 1.87. The molecule has 4 nitrogen and oxygen atoms in total. The van der Waals surface area contributed by atoms with Crippen LogP contribution >= 0.6 is 0 Å². The van der Waals surface area contributed by atoms with Crippen LogP contribution in [0.25, 0.3) is 0 Å². The molecule has 0 bridgehead atoms. The van der Waals surface area contributed by atoms with Crippen molar-refractivity contribution in [1.82, 2.24) is 9.97 Å². The Hall–Kier alpha value is -2.17. The maximum absolute atomic E-state index is 13.0. The summed E-state index contributed by atoms with van der Waals surface area (Å²) in [5.74, 6) is 0.842. The van der Waals surface area contributed by atoms with Crippen molar-refractivity contribution in [3.8, 4) is 5.88 Å². The summed E-state index contributed by atoms with van der Waals surface area (Å²) in [6.07, 6.45) is 2.43. The molecular formula is C15H18FN3O. The molecule has 0 saturated carbocycles. The number of benzene rings is 1. The van der Waals surface area contributed by atoms with Gasteiger partial charge in [-0.1, -0.05) is 12.1 Å². The van der Waals surface area contributed by atoms with Crippen molar-refractivity contribution < 1.29 is 9.13 Å². The lowest BCUT2D eigenvalue weighted by Gasteiger charge is -2.10. The molecule has 0 saturated heterocycles. The molecule has 5 heteroatoms. The summed E-state index contributed by atoms with van der Waals surface area (Å²) in [5.41, 5.74) is 0.937. The highest BCUT2D eigenvalue weighted by Gasteiger charge is 2.02. The minimum Gasteiger partial charge on any atom is -0.475 e.